The van der Waals surface area contributed by atoms with E-state index in [1.54, 1.807) is 5.01 Å². The summed E-state index contributed by atoms with van der Waals surface area (Å²) in [6.07, 6.45) is 8.99. The van der Waals surface area contributed by atoms with Crippen LogP contribution < -0.4 is 5.43 Å². The van der Waals surface area contributed by atoms with Crippen molar-refractivity contribution >= 4 is 12.1 Å². The number of carbonyl (C=O) groups is 1. The number of nitrogens with zero attached hydrogens (tertiary/aromatic N) is 2. The number of carbonyl (C=O) groups excluding carboxylic acids is 1. The van der Waals surface area contributed by atoms with Gasteiger partial charge in [-0.15, -0.1) is 0 Å². The summed E-state index contributed by atoms with van der Waals surface area (Å²) >= 11 is 0. The van der Waals surface area contributed by atoms with Crippen LogP contribution in [0.2, 0.25) is 0 Å². The van der Waals surface area contributed by atoms with Crippen LogP contribution in [0, 0.1) is 0 Å². The first-order valence-corrected chi connectivity index (χ1v) is 5.44. The van der Waals surface area contributed by atoms with E-state index in [2.05, 4.69) is 10.4 Å². The molecule has 2 aliphatic rings. The molecule has 4 nitrogen and oxygen atoms in total. The molecular weight excluding hydrogens is 178 g/mol. The number of rotatable bonds is 2. The maximum Gasteiger partial charge on any atom is 0.280 e. The number of aliphatic imine (C=N–C) groups is 1. The van der Waals surface area contributed by atoms with Crippen molar-refractivity contribution in [1.29, 1.82) is 0 Å². The third-order valence-corrected chi connectivity index (χ3v) is 2.88. The quantitative estimate of drug-likeness (QED) is 0.670. The lowest BCUT2D eigenvalue weighted by Gasteiger charge is -2.23. The Morgan fingerprint density at radius 3 is 2.57 bits per heavy atom. The predicted octanol–water partition coefficient (Wildman–Crippen LogP) is 1.08. The fraction of sp³-hybridized carbons (Fsp3) is 0.800. The molecule has 1 aliphatic heterocycles. The predicted molar refractivity (Wildman–Crippen MR) is 54.8 cm³/mol. The molecule has 0 aromatic carbocycles. The fourth-order valence-electron chi connectivity index (χ4n) is 2.07. The first kappa shape index (κ1) is 9.65. The van der Waals surface area contributed by atoms with Crippen LogP contribution in [0.3, 0.4) is 0 Å². The van der Waals surface area contributed by atoms with Crippen molar-refractivity contribution < 1.29 is 4.79 Å². The van der Waals surface area contributed by atoms with Crippen molar-refractivity contribution in [3.8, 4) is 0 Å². The Kier molecular flexibility index (Phi) is 3.14. The highest BCUT2D eigenvalue weighted by molar-refractivity contribution is 6.27. The van der Waals surface area contributed by atoms with Crippen LogP contribution in [0.5, 0.6) is 0 Å². The molecule has 0 saturated heterocycles. The Balaban J connectivity index is 1.81. The molecule has 2 rings (SSSR count). The summed E-state index contributed by atoms with van der Waals surface area (Å²) in [4.78, 5) is 15.2. The molecule has 1 fully saturated rings. The van der Waals surface area contributed by atoms with E-state index in [4.69, 9.17) is 0 Å². The van der Waals surface area contributed by atoms with Gasteiger partial charge in [0.05, 0.1) is 6.21 Å². The SMILES string of the molecule is O=C1C=NCN1NC1CCCCCC1. The summed E-state index contributed by atoms with van der Waals surface area (Å²) in [5.41, 5.74) is 3.27. The van der Waals surface area contributed by atoms with Gasteiger partial charge in [0, 0.05) is 6.04 Å². The molecule has 0 spiro atoms. The highest BCUT2D eigenvalue weighted by Gasteiger charge is 2.20. The van der Waals surface area contributed by atoms with E-state index >= 15 is 0 Å². The molecule has 0 unspecified atom stereocenters. The Bertz CT molecular complexity index is 232. The molecule has 14 heavy (non-hydrogen) atoms. The zero-order valence-electron chi connectivity index (χ0n) is 8.41. The third-order valence-electron chi connectivity index (χ3n) is 2.88. The molecule has 1 aliphatic carbocycles. The maximum atomic E-state index is 11.2. The van der Waals surface area contributed by atoms with Gasteiger partial charge in [-0.25, -0.2) is 5.43 Å². The van der Waals surface area contributed by atoms with Crippen molar-refractivity contribution in [2.75, 3.05) is 6.67 Å². The normalized spacial score (nSPS) is 24.3. The van der Waals surface area contributed by atoms with E-state index < -0.39 is 0 Å². The molecule has 0 bridgehead atoms. The average molecular weight is 195 g/mol. The van der Waals surface area contributed by atoms with Crippen LogP contribution in [-0.4, -0.2) is 29.8 Å². The van der Waals surface area contributed by atoms with Gasteiger partial charge in [0.25, 0.3) is 5.91 Å². The van der Waals surface area contributed by atoms with E-state index in [0.717, 1.165) is 0 Å². The van der Waals surface area contributed by atoms with Gasteiger partial charge in [-0.3, -0.25) is 14.8 Å². The van der Waals surface area contributed by atoms with Gasteiger partial charge in [0.1, 0.15) is 6.67 Å². The summed E-state index contributed by atoms with van der Waals surface area (Å²) in [7, 11) is 0. The van der Waals surface area contributed by atoms with E-state index in [-0.39, 0.29) is 5.91 Å². The second-order valence-corrected chi connectivity index (χ2v) is 4.04. The van der Waals surface area contributed by atoms with Crippen LogP contribution >= 0.6 is 0 Å². The zero-order valence-corrected chi connectivity index (χ0v) is 8.41. The molecule has 1 heterocycles. The second-order valence-electron chi connectivity index (χ2n) is 4.04. The Morgan fingerprint density at radius 2 is 2.00 bits per heavy atom. The number of hydrogen-bond donors (Lipinski definition) is 1. The second kappa shape index (κ2) is 4.55. The molecule has 1 saturated carbocycles. The summed E-state index contributed by atoms with van der Waals surface area (Å²) in [5, 5.41) is 1.62. The molecule has 1 N–H and O–H groups in total. The van der Waals surface area contributed by atoms with E-state index in [9.17, 15) is 4.79 Å². The van der Waals surface area contributed by atoms with Gasteiger partial charge in [0.15, 0.2) is 0 Å². The van der Waals surface area contributed by atoms with Crippen LogP contribution in [0.1, 0.15) is 38.5 Å². The lowest BCUT2D eigenvalue weighted by molar-refractivity contribution is -0.126. The van der Waals surface area contributed by atoms with Crippen molar-refractivity contribution in [2.45, 2.75) is 44.6 Å². The molecular formula is C10H17N3O. The van der Waals surface area contributed by atoms with Gasteiger partial charge in [-0.1, -0.05) is 25.7 Å². The topological polar surface area (TPSA) is 44.7 Å². The molecule has 0 aromatic heterocycles. The summed E-state index contributed by atoms with van der Waals surface area (Å²) in [6.45, 7) is 0.481. The molecule has 1 amide bonds. The van der Waals surface area contributed by atoms with Crippen LogP contribution in [0.15, 0.2) is 4.99 Å². The van der Waals surface area contributed by atoms with E-state index in [1.807, 2.05) is 0 Å². The largest absolute Gasteiger partial charge is 0.280 e. The lowest BCUT2D eigenvalue weighted by Crippen LogP contribution is -2.46. The standard InChI is InChI=1S/C10H17N3O/c14-10-7-11-8-13(10)12-9-5-3-1-2-4-6-9/h7,9,12H,1-6,8H2. The molecule has 0 radical (unpaired) electrons. The summed E-state index contributed by atoms with van der Waals surface area (Å²) in [6, 6.07) is 0.475. The lowest BCUT2D eigenvalue weighted by atomic mass is 10.1. The fourth-order valence-corrected chi connectivity index (χ4v) is 2.07. The van der Waals surface area contributed by atoms with Gasteiger partial charge >= 0.3 is 0 Å². The summed E-state index contributed by atoms with van der Waals surface area (Å²) < 4.78 is 0. The minimum absolute atomic E-state index is 0.00533. The van der Waals surface area contributed by atoms with Crippen LogP contribution in [-0.2, 0) is 4.79 Å². The van der Waals surface area contributed by atoms with Crippen molar-refractivity contribution in [3.63, 3.8) is 0 Å². The number of hydrazine groups is 1. The van der Waals surface area contributed by atoms with Gasteiger partial charge in [-0.05, 0) is 12.8 Å². The van der Waals surface area contributed by atoms with Crippen molar-refractivity contribution in [1.82, 2.24) is 10.4 Å². The maximum absolute atomic E-state index is 11.2. The third kappa shape index (κ3) is 2.32. The van der Waals surface area contributed by atoms with Gasteiger partial charge in [-0.2, -0.15) is 0 Å². The van der Waals surface area contributed by atoms with Crippen molar-refractivity contribution in [3.05, 3.63) is 0 Å². The molecule has 0 atom stereocenters. The van der Waals surface area contributed by atoms with Crippen LogP contribution in [0.4, 0.5) is 0 Å². The molecule has 4 heteroatoms. The highest BCUT2D eigenvalue weighted by Crippen LogP contribution is 2.17. The van der Waals surface area contributed by atoms with Gasteiger partial charge in [0.2, 0.25) is 0 Å². The number of nitrogens with one attached hydrogen (secondary N) is 1. The average Bonchev–Trinajstić information content (AvgIpc) is 2.44. The van der Waals surface area contributed by atoms with E-state index in [0.29, 0.717) is 12.7 Å². The minimum atomic E-state index is -0.00533. The van der Waals surface area contributed by atoms with Crippen LogP contribution in [0.25, 0.3) is 0 Å². The first-order valence-electron chi connectivity index (χ1n) is 5.44. The highest BCUT2D eigenvalue weighted by atomic mass is 16.2. The smallest absolute Gasteiger partial charge is 0.266 e. The number of hydrogen-bond acceptors (Lipinski definition) is 3. The number of amides is 1. The minimum Gasteiger partial charge on any atom is -0.266 e. The molecule has 78 valence electrons. The van der Waals surface area contributed by atoms with E-state index in [1.165, 1.54) is 44.7 Å². The monoisotopic (exact) mass is 195 g/mol. The Hall–Kier alpha value is -0.900. The Morgan fingerprint density at radius 1 is 1.29 bits per heavy atom. The van der Waals surface area contributed by atoms with Crippen molar-refractivity contribution in [2.24, 2.45) is 4.99 Å². The Labute approximate surface area is 84.3 Å². The van der Waals surface area contributed by atoms with Gasteiger partial charge < -0.3 is 0 Å². The zero-order chi connectivity index (χ0) is 9.80. The summed E-state index contributed by atoms with van der Waals surface area (Å²) in [5.74, 6) is -0.00533. The molecule has 0 aromatic rings. The first-order chi connectivity index (χ1) is 6.86.